The number of nitrogens with one attached hydrogen (secondary N) is 1. The normalized spacial score (nSPS) is 21.2. The number of amides is 1. The zero-order chi connectivity index (χ0) is 15.7. The third kappa shape index (κ3) is 2.77. The SMILES string of the molecule is Cc1cccc(C(C)C(=O)NC2c3ccccc3CC2O)c1. The molecule has 3 atom stereocenters. The summed E-state index contributed by atoms with van der Waals surface area (Å²) in [6.45, 7) is 3.92. The Morgan fingerprint density at radius 1 is 1.23 bits per heavy atom. The summed E-state index contributed by atoms with van der Waals surface area (Å²) in [4.78, 5) is 12.5. The lowest BCUT2D eigenvalue weighted by molar-refractivity contribution is -0.123. The Balaban J connectivity index is 1.77. The standard InChI is InChI=1S/C19H21NO2/c1-12-6-5-8-14(10-12)13(2)19(22)20-18-16-9-4-3-7-15(16)11-17(18)21/h3-10,13,17-18,21H,11H2,1-2H3,(H,20,22). The van der Waals surface area contributed by atoms with Crippen LogP contribution in [0.15, 0.2) is 48.5 Å². The predicted molar refractivity (Wildman–Crippen MR) is 86.6 cm³/mol. The molecule has 3 heteroatoms. The molecular formula is C19H21NO2. The number of rotatable bonds is 3. The van der Waals surface area contributed by atoms with Gasteiger partial charge in [0.05, 0.1) is 18.1 Å². The Morgan fingerprint density at radius 3 is 2.77 bits per heavy atom. The molecule has 2 N–H and O–H groups in total. The summed E-state index contributed by atoms with van der Waals surface area (Å²) >= 11 is 0. The van der Waals surface area contributed by atoms with Crippen LogP contribution in [0.4, 0.5) is 0 Å². The summed E-state index contributed by atoms with van der Waals surface area (Å²) in [7, 11) is 0. The number of benzene rings is 2. The van der Waals surface area contributed by atoms with E-state index in [4.69, 9.17) is 0 Å². The maximum atomic E-state index is 12.5. The number of fused-ring (bicyclic) bond motifs is 1. The molecule has 0 fully saturated rings. The third-order valence-corrected chi connectivity index (χ3v) is 4.44. The van der Waals surface area contributed by atoms with Gasteiger partial charge in [0.25, 0.3) is 0 Å². The summed E-state index contributed by atoms with van der Waals surface area (Å²) in [6, 6.07) is 15.6. The van der Waals surface area contributed by atoms with Crippen molar-refractivity contribution in [1.29, 1.82) is 0 Å². The number of hydrogen-bond donors (Lipinski definition) is 2. The van der Waals surface area contributed by atoms with Gasteiger partial charge < -0.3 is 10.4 Å². The number of carbonyl (C=O) groups excluding carboxylic acids is 1. The first-order chi connectivity index (χ1) is 10.6. The summed E-state index contributed by atoms with van der Waals surface area (Å²) in [5, 5.41) is 13.3. The lowest BCUT2D eigenvalue weighted by Gasteiger charge is -2.21. The van der Waals surface area contributed by atoms with Crippen molar-refractivity contribution in [2.45, 2.75) is 38.3 Å². The molecular weight excluding hydrogens is 274 g/mol. The topological polar surface area (TPSA) is 49.3 Å². The molecule has 22 heavy (non-hydrogen) atoms. The smallest absolute Gasteiger partial charge is 0.227 e. The lowest BCUT2D eigenvalue weighted by Crippen LogP contribution is -2.36. The monoisotopic (exact) mass is 295 g/mol. The Bertz CT molecular complexity index is 695. The van der Waals surface area contributed by atoms with Crippen LogP contribution in [0.1, 0.15) is 41.1 Å². The molecule has 0 spiro atoms. The third-order valence-electron chi connectivity index (χ3n) is 4.44. The Morgan fingerprint density at radius 2 is 2.00 bits per heavy atom. The van der Waals surface area contributed by atoms with Crippen LogP contribution >= 0.6 is 0 Å². The molecule has 0 saturated carbocycles. The average molecular weight is 295 g/mol. The van der Waals surface area contributed by atoms with Crippen LogP contribution < -0.4 is 5.32 Å². The molecule has 0 saturated heterocycles. The molecule has 3 nitrogen and oxygen atoms in total. The fraction of sp³-hybridized carbons (Fsp3) is 0.316. The molecule has 3 rings (SSSR count). The summed E-state index contributed by atoms with van der Waals surface area (Å²) in [5.41, 5.74) is 4.28. The van der Waals surface area contributed by atoms with Gasteiger partial charge in [0.2, 0.25) is 5.91 Å². The first-order valence-corrected chi connectivity index (χ1v) is 7.69. The van der Waals surface area contributed by atoms with Gasteiger partial charge in [-0.25, -0.2) is 0 Å². The second-order valence-electron chi connectivity index (χ2n) is 6.09. The molecule has 0 bridgehead atoms. The molecule has 3 unspecified atom stereocenters. The van der Waals surface area contributed by atoms with E-state index >= 15 is 0 Å². The van der Waals surface area contributed by atoms with E-state index in [1.807, 2.05) is 62.4 Å². The highest BCUT2D eigenvalue weighted by Gasteiger charge is 2.32. The van der Waals surface area contributed by atoms with E-state index in [0.29, 0.717) is 6.42 Å². The Labute approximate surface area is 131 Å². The van der Waals surface area contributed by atoms with Crippen molar-refractivity contribution in [3.05, 3.63) is 70.8 Å². The van der Waals surface area contributed by atoms with Crippen molar-refractivity contribution >= 4 is 5.91 Å². The van der Waals surface area contributed by atoms with Crippen molar-refractivity contribution in [2.75, 3.05) is 0 Å². The van der Waals surface area contributed by atoms with Gasteiger partial charge in [-0.1, -0.05) is 54.1 Å². The number of hydrogen-bond acceptors (Lipinski definition) is 2. The van der Waals surface area contributed by atoms with Crippen LogP contribution in [0.3, 0.4) is 0 Å². The molecule has 0 aromatic heterocycles. The van der Waals surface area contributed by atoms with E-state index in [1.54, 1.807) is 0 Å². The van der Waals surface area contributed by atoms with Crippen LogP contribution in [0.2, 0.25) is 0 Å². The van der Waals surface area contributed by atoms with Crippen LogP contribution in [-0.4, -0.2) is 17.1 Å². The van der Waals surface area contributed by atoms with Gasteiger partial charge in [0.15, 0.2) is 0 Å². The highest BCUT2D eigenvalue weighted by molar-refractivity contribution is 5.83. The summed E-state index contributed by atoms with van der Waals surface area (Å²) < 4.78 is 0. The van der Waals surface area contributed by atoms with Gasteiger partial charge in [-0.05, 0) is 30.5 Å². The Hall–Kier alpha value is -2.13. The maximum absolute atomic E-state index is 12.5. The summed E-state index contributed by atoms with van der Waals surface area (Å²) in [5.74, 6) is -0.286. The highest BCUT2D eigenvalue weighted by Crippen LogP contribution is 2.32. The van der Waals surface area contributed by atoms with Crippen LogP contribution in [0.25, 0.3) is 0 Å². The molecule has 2 aromatic carbocycles. The largest absolute Gasteiger partial charge is 0.390 e. The van der Waals surface area contributed by atoms with E-state index in [2.05, 4.69) is 5.32 Å². The second-order valence-corrected chi connectivity index (χ2v) is 6.09. The van der Waals surface area contributed by atoms with Gasteiger partial charge in [0.1, 0.15) is 0 Å². The molecule has 1 aliphatic carbocycles. The van der Waals surface area contributed by atoms with Crippen LogP contribution in [0.5, 0.6) is 0 Å². The molecule has 2 aromatic rings. The molecule has 1 aliphatic rings. The number of aliphatic hydroxyl groups excluding tert-OH is 1. The van der Waals surface area contributed by atoms with Crippen molar-refractivity contribution in [1.82, 2.24) is 5.32 Å². The van der Waals surface area contributed by atoms with Gasteiger partial charge in [-0.3, -0.25) is 4.79 Å². The maximum Gasteiger partial charge on any atom is 0.227 e. The van der Waals surface area contributed by atoms with E-state index in [9.17, 15) is 9.90 Å². The van der Waals surface area contributed by atoms with E-state index in [-0.39, 0.29) is 17.9 Å². The summed E-state index contributed by atoms with van der Waals surface area (Å²) in [6.07, 6.45) is 0.0472. The van der Waals surface area contributed by atoms with Crippen molar-refractivity contribution in [2.24, 2.45) is 0 Å². The molecule has 0 radical (unpaired) electrons. The molecule has 114 valence electrons. The fourth-order valence-corrected chi connectivity index (χ4v) is 3.12. The van der Waals surface area contributed by atoms with Crippen molar-refractivity contribution in [3.8, 4) is 0 Å². The van der Waals surface area contributed by atoms with Crippen molar-refractivity contribution in [3.63, 3.8) is 0 Å². The zero-order valence-corrected chi connectivity index (χ0v) is 12.9. The van der Waals surface area contributed by atoms with Gasteiger partial charge in [-0.15, -0.1) is 0 Å². The minimum Gasteiger partial charge on any atom is -0.390 e. The van der Waals surface area contributed by atoms with Gasteiger partial charge >= 0.3 is 0 Å². The first kappa shape index (κ1) is 14.8. The number of carbonyl (C=O) groups is 1. The number of aliphatic hydroxyl groups is 1. The predicted octanol–water partition coefficient (Wildman–Crippen LogP) is 2.87. The first-order valence-electron chi connectivity index (χ1n) is 7.69. The minimum atomic E-state index is -0.550. The average Bonchev–Trinajstić information content (AvgIpc) is 2.82. The van der Waals surface area contributed by atoms with Crippen molar-refractivity contribution < 1.29 is 9.90 Å². The number of aryl methyl sites for hydroxylation is 1. The Kier molecular flexibility index (Phi) is 3.99. The second kappa shape index (κ2) is 5.93. The quantitative estimate of drug-likeness (QED) is 0.915. The lowest BCUT2D eigenvalue weighted by atomic mass is 9.97. The minimum absolute atomic E-state index is 0.0497. The van der Waals surface area contributed by atoms with Gasteiger partial charge in [-0.2, -0.15) is 0 Å². The van der Waals surface area contributed by atoms with Crippen LogP contribution in [0, 0.1) is 6.92 Å². The fourth-order valence-electron chi connectivity index (χ4n) is 3.12. The molecule has 0 heterocycles. The van der Waals surface area contributed by atoms with Gasteiger partial charge in [0, 0.05) is 6.42 Å². The van der Waals surface area contributed by atoms with E-state index in [1.165, 1.54) is 0 Å². The zero-order valence-electron chi connectivity index (χ0n) is 12.9. The molecule has 0 aliphatic heterocycles. The van der Waals surface area contributed by atoms with Crippen LogP contribution in [-0.2, 0) is 11.2 Å². The van der Waals surface area contributed by atoms with E-state index < -0.39 is 6.10 Å². The van der Waals surface area contributed by atoms with E-state index in [0.717, 1.165) is 22.3 Å². The highest BCUT2D eigenvalue weighted by atomic mass is 16.3. The molecule has 1 amide bonds.